The summed E-state index contributed by atoms with van der Waals surface area (Å²) in [6.07, 6.45) is 1.68. The highest BCUT2D eigenvalue weighted by molar-refractivity contribution is 9.10. The second kappa shape index (κ2) is 6.04. The lowest BCUT2D eigenvalue weighted by atomic mass is 10.5. The molecule has 0 atom stereocenters. The van der Waals surface area contributed by atoms with Crippen LogP contribution in [0.15, 0.2) is 27.8 Å². The standard InChI is InChI=1S/C6H5BrN2.C2H6/c1-8-6-3-2-5(7)4-9-6;1-2/h2-4H,1H2;1-2H3. The van der Waals surface area contributed by atoms with Crippen molar-refractivity contribution in [1.82, 2.24) is 4.98 Å². The van der Waals surface area contributed by atoms with E-state index in [-0.39, 0.29) is 0 Å². The molecule has 0 unspecified atom stereocenters. The summed E-state index contributed by atoms with van der Waals surface area (Å²) >= 11 is 3.25. The second-order valence-electron chi connectivity index (χ2n) is 1.49. The van der Waals surface area contributed by atoms with Gasteiger partial charge in [-0.25, -0.2) is 9.98 Å². The number of rotatable bonds is 1. The maximum Gasteiger partial charge on any atom is 0.151 e. The molecule has 0 radical (unpaired) electrons. The van der Waals surface area contributed by atoms with Crippen LogP contribution in [0.4, 0.5) is 5.82 Å². The second-order valence-corrected chi connectivity index (χ2v) is 2.41. The van der Waals surface area contributed by atoms with Crippen molar-refractivity contribution >= 4 is 28.5 Å². The smallest absolute Gasteiger partial charge is 0.151 e. The van der Waals surface area contributed by atoms with E-state index in [9.17, 15) is 0 Å². The third-order valence-electron chi connectivity index (χ3n) is 0.874. The van der Waals surface area contributed by atoms with Gasteiger partial charge in [0.25, 0.3) is 0 Å². The molecule has 1 aromatic rings. The van der Waals surface area contributed by atoms with E-state index in [1.165, 1.54) is 0 Å². The van der Waals surface area contributed by atoms with Crippen LogP contribution in [0.3, 0.4) is 0 Å². The lowest BCUT2D eigenvalue weighted by molar-refractivity contribution is 1.27. The van der Waals surface area contributed by atoms with Gasteiger partial charge in [-0.05, 0) is 34.8 Å². The molecule has 3 heteroatoms. The van der Waals surface area contributed by atoms with Gasteiger partial charge in [-0.15, -0.1) is 0 Å². The number of aliphatic imine (C=N–C) groups is 1. The predicted molar refractivity (Wildman–Crippen MR) is 52.5 cm³/mol. The molecule has 0 aliphatic heterocycles. The van der Waals surface area contributed by atoms with E-state index < -0.39 is 0 Å². The fourth-order valence-corrected chi connectivity index (χ4v) is 0.696. The average Bonchev–Trinajstić information content (AvgIpc) is 2.10. The Kier molecular flexibility index (Phi) is 5.65. The Labute approximate surface area is 75.5 Å². The molecule has 1 heterocycles. The summed E-state index contributed by atoms with van der Waals surface area (Å²) in [5.74, 6) is 0.651. The van der Waals surface area contributed by atoms with E-state index in [0.29, 0.717) is 5.82 Å². The molecule has 0 spiro atoms. The molecular weight excluding hydrogens is 204 g/mol. The molecule has 0 saturated heterocycles. The highest BCUT2D eigenvalue weighted by Gasteiger charge is 1.86. The molecule has 0 N–H and O–H groups in total. The van der Waals surface area contributed by atoms with Crippen LogP contribution in [0.5, 0.6) is 0 Å². The lowest BCUT2D eigenvalue weighted by Gasteiger charge is -1.88. The molecule has 0 aliphatic rings. The van der Waals surface area contributed by atoms with Gasteiger partial charge in [0.05, 0.1) is 0 Å². The Balaban J connectivity index is 0.000000461. The van der Waals surface area contributed by atoms with Gasteiger partial charge in [0.2, 0.25) is 0 Å². The van der Waals surface area contributed by atoms with Gasteiger partial charge in [0.15, 0.2) is 5.82 Å². The first-order valence-corrected chi connectivity index (χ1v) is 4.20. The largest absolute Gasteiger partial charge is 0.245 e. The van der Waals surface area contributed by atoms with E-state index in [4.69, 9.17) is 0 Å². The van der Waals surface area contributed by atoms with Gasteiger partial charge in [0.1, 0.15) is 0 Å². The maximum absolute atomic E-state index is 3.92. The van der Waals surface area contributed by atoms with Gasteiger partial charge >= 0.3 is 0 Å². The van der Waals surface area contributed by atoms with Crippen LogP contribution in [0, 0.1) is 0 Å². The molecule has 0 amide bonds. The first kappa shape index (κ1) is 10.3. The monoisotopic (exact) mass is 214 g/mol. The van der Waals surface area contributed by atoms with Crippen LogP contribution in [0.1, 0.15) is 13.8 Å². The number of hydrogen-bond donors (Lipinski definition) is 0. The molecule has 2 nitrogen and oxygen atoms in total. The zero-order valence-electron chi connectivity index (χ0n) is 6.71. The van der Waals surface area contributed by atoms with Crippen molar-refractivity contribution in [3.63, 3.8) is 0 Å². The Bertz CT molecular complexity index is 206. The summed E-state index contributed by atoms with van der Waals surface area (Å²) in [4.78, 5) is 7.55. The molecule has 0 fully saturated rings. The highest BCUT2D eigenvalue weighted by Crippen LogP contribution is 2.11. The van der Waals surface area contributed by atoms with Crippen molar-refractivity contribution in [2.45, 2.75) is 13.8 Å². The zero-order chi connectivity index (χ0) is 8.69. The molecule has 11 heavy (non-hydrogen) atoms. The SMILES string of the molecule is C=Nc1ccc(Br)cn1.CC. The molecular formula is C8H11BrN2. The Morgan fingerprint density at radius 3 is 2.45 bits per heavy atom. The average molecular weight is 215 g/mol. The van der Waals surface area contributed by atoms with Gasteiger partial charge < -0.3 is 0 Å². The van der Waals surface area contributed by atoms with E-state index in [2.05, 4.69) is 32.6 Å². The van der Waals surface area contributed by atoms with E-state index in [0.717, 1.165) is 4.47 Å². The van der Waals surface area contributed by atoms with Gasteiger partial charge in [-0.3, -0.25) is 0 Å². The van der Waals surface area contributed by atoms with Crippen LogP contribution in [-0.2, 0) is 0 Å². The minimum absolute atomic E-state index is 0.651. The van der Waals surface area contributed by atoms with Gasteiger partial charge in [-0.2, -0.15) is 0 Å². The molecule has 60 valence electrons. The Morgan fingerprint density at radius 1 is 1.45 bits per heavy atom. The van der Waals surface area contributed by atoms with Crippen LogP contribution in [-0.4, -0.2) is 11.7 Å². The molecule has 0 bridgehead atoms. The summed E-state index contributed by atoms with van der Waals surface area (Å²) < 4.78 is 0.954. The van der Waals surface area contributed by atoms with Crippen LogP contribution >= 0.6 is 15.9 Å². The van der Waals surface area contributed by atoms with E-state index in [1.54, 1.807) is 12.3 Å². The normalized spacial score (nSPS) is 7.91. The highest BCUT2D eigenvalue weighted by atomic mass is 79.9. The number of hydrogen-bond acceptors (Lipinski definition) is 2. The quantitative estimate of drug-likeness (QED) is 0.660. The minimum atomic E-state index is 0.651. The Morgan fingerprint density at radius 2 is 2.09 bits per heavy atom. The van der Waals surface area contributed by atoms with Gasteiger partial charge in [-0.1, -0.05) is 13.8 Å². The number of aromatic nitrogens is 1. The summed E-state index contributed by atoms with van der Waals surface area (Å²) in [5.41, 5.74) is 0. The molecule has 1 rings (SSSR count). The molecule has 1 aromatic heterocycles. The summed E-state index contributed by atoms with van der Waals surface area (Å²) in [7, 11) is 0. The van der Waals surface area contributed by atoms with E-state index >= 15 is 0 Å². The summed E-state index contributed by atoms with van der Waals surface area (Å²) in [6, 6.07) is 3.66. The number of pyridine rings is 1. The maximum atomic E-state index is 3.92. The van der Waals surface area contributed by atoms with Crippen molar-refractivity contribution < 1.29 is 0 Å². The van der Waals surface area contributed by atoms with Crippen molar-refractivity contribution in [1.29, 1.82) is 0 Å². The number of halogens is 1. The molecule has 0 aliphatic carbocycles. The first-order chi connectivity index (χ1) is 5.33. The van der Waals surface area contributed by atoms with Gasteiger partial charge in [0, 0.05) is 10.7 Å². The van der Waals surface area contributed by atoms with Crippen molar-refractivity contribution in [2.24, 2.45) is 4.99 Å². The van der Waals surface area contributed by atoms with Crippen molar-refractivity contribution in [3.8, 4) is 0 Å². The zero-order valence-corrected chi connectivity index (χ0v) is 8.30. The van der Waals surface area contributed by atoms with Crippen LogP contribution in [0.25, 0.3) is 0 Å². The fourth-order valence-electron chi connectivity index (χ4n) is 0.462. The van der Waals surface area contributed by atoms with Crippen LogP contribution < -0.4 is 0 Å². The molecule has 0 saturated carbocycles. The lowest BCUT2D eigenvalue weighted by Crippen LogP contribution is -1.70. The summed E-state index contributed by atoms with van der Waals surface area (Å²) in [6.45, 7) is 7.33. The van der Waals surface area contributed by atoms with Crippen molar-refractivity contribution in [2.75, 3.05) is 0 Å². The third kappa shape index (κ3) is 3.88. The van der Waals surface area contributed by atoms with E-state index in [1.807, 2.05) is 19.9 Å². The fraction of sp³-hybridized carbons (Fsp3) is 0.250. The first-order valence-electron chi connectivity index (χ1n) is 3.41. The van der Waals surface area contributed by atoms with Crippen molar-refractivity contribution in [3.05, 3.63) is 22.8 Å². The third-order valence-corrected chi connectivity index (χ3v) is 1.34. The minimum Gasteiger partial charge on any atom is -0.245 e. The topological polar surface area (TPSA) is 25.2 Å². The summed E-state index contributed by atoms with van der Waals surface area (Å²) in [5, 5.41) is 0. The molecule has 0 aromatic carbocycles. The van der Waals surface area contributed by atoms with Crippen LogP contribution in [0.2, 0.25) is 0 Å². The predicted octanol–water partition coefficient (Wildman–Crippen LogP) is 3.20. The number of nitrogens with zero attached hydrogens (tertiary/aromatic N) is 2. The Hall–Kier alpha value is -0.700.